The van der Waals surface area contributed by atoms with Crippen molar-refractivity contribution in [3.8, 4) is 0 Å². The summed E-state index contributed by atoms with van der Waals surface area (Å²) in [5, 5.41) is 0.939. The first-order valence-electron chi connectivity index (χ1n) is 8.46. The van der Waals surface area contributed by atoms with E-state index >= 15 is 0 Å². The zero-order valence-corrected chi connectivity index (χ0v) is 15.7. The SMILES string of the molecule is CCC1CCCCN1C(=O)CCN(C(C)=O)c1cc(Cl)cc(Cl)c1. The number of carbonyl (C=O) groups is 2. The summed E-state index contributed by atoms with van der Waals surface area (Å²) in [6.07, 6.45) is 4.60. The molecule has 1 saturated heterocycles. The largest absolute Gasteiger partial charge is 0.340 e. The van der Waals surface area contributed by atoms with Gasteiger partial charge in [-0.3, -0.25) is 9.59 Å². The molecule has 1 aliphatic rings. The van der Waals surface area contributed by atoms with Crippen LogP contribution in [-0.2, 0) is 9.59 Å². The number of halogens is 2. The average Bonchev–Trinajstić information content (AvgIpc) is 2.53. The number of carbonyl (C=O) groups excluding carboxylic acids is 2. The van der Waals surface area contributed by atoms with Crippen LogP contribution in [0.5, 0.6) is 0 Å². The van der Waals surface area contributed by atoms with Gasteiger partial charge in [0.2, 0.25) is 11.8 Å². The number of rotatable bonds is 5. The van der Waals surface area contributed by atoms with E-state index in [9.17, 15) is 9.59 Å². The number of benzene rings is 1. The molecule has 0 N–H and O–H groups in total. The molecule has 1 aliphatic heterocycles. The van der Waals surface area contributed by atoms with Crippen molar-refractivity contribution in [1.29, 1.82) is 0 Å². The Morgan fingerprint density at radius 1 is 1.21 bits per heavy atom. The summed E-state index contributed by atoms with van der Waals surface area (Å²) in [7, 11) is 0. The van der Waals surface area contributed by atoms with Gasteiger partial charge in [0, 0.05) is 48.2 Å². The van der Waals surface area contributed by atoms with Gasteiger partial charge in [-0.25, -0.2) is 0 Å². The van der Waals surface area contributed by atoms with Crippen molar-refractivity contribution in [3.63, 3.8) is 0 Å². The molecule has 2 amide bonds. The molecule has 1 heterocycles. The summed E-state index contributed by atoms with van der Waals surface area (Å²) in [4.78, 5) is 28.1. The molecule has 1 aromatic carbocycles. The molecule has 1 unspecified atom stereocenters. The van der Waals surface area contributed by atoms with Crippen molar-refractivity contribution in [2.75, 3.05) is 18.0 Å². The molecule has 1 fully saturated rings. The molecule has 4 nitrogen and oxygen atoms in total. The van der Waals surface area contributed by atoms with Crippen LogP contribution in [-0.4, -0.2) is 35.8 Å². The molecule has 1 aromatic rings. The second-order valence-corrected chi connectivity index (χ2v) is 7.07. The third-order valence-corrected chi connectivity index (χ3v) is 4.94. The summed E-state index contributed by atoms with van der Waals surface area (Å²) in [5.74, 6) is -0.0206. The summed E-state index contributed by atoms with van der Waals surface area (Å²) in [5.41, 5.74) is 0.624. The highest BCUT2D eigenvalue weighted by Crippen LogP contribution is 2.26. The molecule has 0 spiro atoms. The van der Waals surface area contributed by atoms with E-state index in [0.29, 0.717) is 34.7 Å². The highest BCUT2D eigenvalue weighted by molar-refractivity contribution is 6.35. The summed E-state index contributed by atoms with van der Waals surface area (Å²) in [6, 6.07) is 5.33. The maximum atomic E-state index is 12.6. The topological polar surface area (TPSA) is 40.6 Å². The van der Waals surface area contributed by atoms with Gasteiger partial charge in [-0.1, -0.05) is 30.1 Å². The number of nitrogens with zero attached hydrogens (tertiary/aromatic N) is 2. The van der Waals surface area contributed by atoms with Crippen molar-refractivity contribution in [2.24, 2.45) is 0 Å². The van der Waals surface area contributed by atoms with Crippen LogP contribution >= 0.6 is 23.2 Å². The van der Waals surface area contributed by atoms with E-state index in [-0.39, 0.29) is 11.8 Å². The van der Waals surface area contributed by atoms with Gasteiger partial charge < -0.3 is 9.80 Å². The lowest BCUT2D eigenvalue weighted by molar-refractivity contribution is -0.134. The van der Waals surface area contributed by atoms with Gasteiger partial charge in [-0.2, -0.15) is 0 Å². The second kappa shape index (κ2) is 8.72. The molecule has 6 heteroatoms. The predicted octanol–water partition coefficient (Wildman–Crippen LogP) is 4.53. The van der Waals surface area contributed by atoms with Crippen LogP contribution in [0.25, 0.3) is 0 Å². The van der Waals surface area contributed by atoms with E-state index in [0.717, 1.165) is 25.8 Å². The molecule has 24 heavy (non-hydrogen) atoms. The standard InChI is InChI=1S/C18H24Cl2N2O2/c1-3-16-6-4-5-8-22(16)18(24)7-9-21(13(2)23)17-11-14(19)10-15(20)12-17/h10-12,16H,3-9H2,1-2H3. The average molecular weight is 371 g/mol. The quantitative estimate of drug-likeness (QED) is 0.763. The third-order valence-electron chi connectivity index (χ3n) is 4.51. The van der Waals surface area contributed by atoms with E-state index in [1.54, 1.807) is 23.1 Å². The maximum Gasteiger partial charge on any atom is 0.224 e. The van der Waals surface area contributed by atoms with Gasteiger partial charge >= 0.3 is 0 Å². The third kappa shape index (κ3) is 4.87. The highest BCUT2D eigenvalue weighted by Gasteiger charge is 2.25. The van der Waals surface area contributed by atoms with Crippen molar-refractivity contribution in [3.05, 3.63) is 28.2 Å². The fourth-order valence-electron chi connectivity index (χ4n) is 3.27. The molecule has 132 valence electrons. The molecule has 0 aliphatic carbocycles. The minimum absolute atomic E-state index is 0.112. The van der Waals surface area contributed by atoms with Crippen LogP contribution in [0.2, 0.25) is 10.0 Å². The number of likely N-dealkylation sites (tertiary alicyclic amines) is 1. The van der Waals surface area contributed by atoms with E-state index in [4.69, 9.17) is 23.2 Å². The van der Waals surface area contributed by atoms with Gasteiger partial charge in [-0.15, -0.1) is 0 Å². The molecule has 0 saturated carbocycles. The summed E-state index contributed by atoms with van der Waals surface area (Å²) < 4.78 is 0. The van der Waals surface area contributed by atoms with Crippen LogP contribution in [0, 0.1) is 0 Å². The Balaban J connectivity index is 2.05. The smallest absolute Gasteiger partial charge is 0.224 e. The molecule has 0 aromatic heterocycles. The van der Waals surface area contributed by atoms with Crippen molar-refractivity contribution in [1.82, 2.24) is 4.90 Å². The zero-order chi connectivity index (χ0) is 17.7. The molecule has 0 bridgehead atoms. The minimum atomic E-state index is -0.133. The Hall–Kier alpha value is -1.26. The molecular weight excluding hydrogens is 347 g/mol. The van der Waals surface area contributed by atoms with Crippen LogP contribution < -0.4 is 4.90 Å². The second-order valence-electron chi connectivity index (χ2n) is 6.19. The lowest BCUT2D eigenvalue weighted by Gasteiger charge is -2.35. The highest BCUT2D eigenvalue weighted by atomic mass is 35.5. The number of hydrogen-bond donors (Lipinski definition) is 0. The molecule has 2 rings (SSSR count). The van der Waals surface area contributed by atoms with Gasteiger partial charge in [-0.05, 0) is 43.9 Å². The predicted molar refractivity (Wildman–Crippen MR) is 98.7 cm³/mol. The Morgan fingerprint density at radius 2 is 1.88 bits per heavy atom. The Morgan fingerprint density at radius 3 is 2.46 bits per heavy atom. The van der Waals surface area contributed by atoms with E-state index in [1.165, 1.54) is 13.3 Å². The molecule has 1 atom stereocenters. The first kappa shape index (κ1) is 19.1. The Bertz CT molecular complexity index is 586. The van der Waals surface area contributed by atoms with Crippen LogP contribution in [0.1, 0.15) is 46.0 Å². The Kier molecular flexibility index (Phi) is 6.93. The van der Waals surface area contributed by atoms with Crippen molar-refractivity contribution in [2.45, 2.75) is 52.0 Å². The number of amides is 2. The number of hydrogen-bond acceptors (Lipinski definition) is 2. The van der Waals surface area contributed by atoms with E-state index in [1.807, 2.05) is 4.90 Å². The Labute approximate surface area is 153 Å². The fraction of sp³-hybridized carbons (Fsp3) is 0.556. The van der Waals surface area contributed by atoms with Gasteiger partial charge in [0.1, 0.15) is 0 Å². The minimum Gasteiger partial charge on any atom is -0.340 e. The van der Waals surface area contributed by atoms with Crippen LogP contribution in [0.15, 0.2) is 18.2 Å². The van der Waals surface area contributed by atoms with Crippen LogP contribution in [0.3, 0.4) is 0 Å². The van der Waals surface area contributed by atoms with E-state index in [2.05, 4.69) is 6.92 Å². The first-order valence-corrected chi connectivity index (χ1v) is 9.21. The fourth-order valence-corrected chi connectivity index (χ4v) is 3.78. The lowest BCUT2D eigenvalue weighted by atomic mass is 9.99. The summed E-state index contributed by atoms with van der Waals surface area (Å²) in [6.45, 7) is 4.75. The number of anilines is 1. The lowest BCUT2D eigenvalue weighted by Crippen LogP contribution is -2.44. The van der Waals surface area contributed by atoms with Gasteiger partial charge in [0.15, 0.2) is 0 Å². The van der Waals surface area contributed by atoms with Crippen molar-refractivity contribution >= 4 is 40.7 Å². The first-order chi connectivity index (χ1) is 11.4. The number of piperidine rings is 1. The summed E-state index contributed by atoms with van der Waals surface area (Å²) >= 11 is 12.0. The maximum absolute atomic E-state index is 12.6. The van der Waals surface area contributed by atoms with Gasteiger partial charge in [0.25, 0.3) is 0 Å². The normalized spacial score (nSPS) is 17.7. The monoisotopic (exact) mass is 370 g/mol. The van der Waals surface area contributed by atoms with Crippen molar-refractivity contribution < 1.29 is 9.59 Å². The van der Waals surface area contributed by atoms with E-state index < -0.39 is 0 Å². The zero-order valence-electron chi connectivity index (χ0n) is 14.2. The van der Waals surface area contributed by atoms with Gasteiger partial charge in [0.05, 0.1) is 0 Å². The van der Waals surface area contributed by atoms with Crippen LogP contribution in [0.4, 0.5) is 5.69 Å². The molecule has 0 radical (unpaired) electrons. The molecular formula is C18H24Cl2N2O2.